The predicted octanol–water partition coefficient (Wildman–Crippen LogP) is 0.437. The molecule has 0 saturated carbocycles. The fourth-order valence-corrected chi connectivity index (χ4v) is 0.191. The van der Waals surface area contributed by atoms with Crippen LogP contribution in [0.3, 0.4) is 0 Å². The van der Waals surface area contributed by atoms with Crippen molar-refractivity contribution in [2.24, 2.45) is 10.9 Å². The molecule has 0 spiro atoms. The van der Waals surface area contributed by atoms with E-state index < -0.39 is 0 Å². The fraction of sp³-hybridized carbons (Fsp3) is 0.667. The molecule has 0 rings (SSSR count). The molecule has 0 aliphatic carbocycles. The molecule has 35 valence electrons. The summed E-state index contributed by atoms with van der Waals surface area (Å²) in [6, 6.07) is 0. The van der Waals surface area contributed by atoms with Crippen molar-refractivity contribution in [1.82, 2.24) is 0 Å². The highest BCUT2D eigenvalue weighted by atomic mass is 35.5. The van der Waals surface area contributed by atoms with E-state index in [4.69, 9.17) is 11.6 Å². The Labute approximate surface area is 42.0 Å². The normalized spacial score (nSPS) is 10.2. The molecule has 0 fully saturated rings. The van der Waals surface area contributed by atoms with E-state index in [2.05, 4.69) is 17.2 Å². The zero-order valence-corrected chi connectivity index (χ0v) is 4.07. The molecule has 0 saturated heterocycles. The average molecular weight is 106 g/mol. The standard InChI is InChI=1S/C3H6ClN2/c4-2-1-3-6-5/h1-2,5H2. The molecule has 0 atom stereocenters. The summed E-state index contributed by atoms with van der Waals surface area (Å²) in [5.74, 6) is 5.21. The summed E-state index contributed by atoms with van der Waals surface area (Å²) in [5, 5.41) is 3.09. The maximum absolute atomic E-state index is 5.20. The Bertz CT molecular complexity index is 44.1. The van der Waals surface area contributed by atoms with Crippen LogP contribution in [0, 0.1) is 0 Å². The van der Waals surface area contributed by atoms with Crippen LogP contribution in [0.4, 0.5) is 0 Å². The molecule has 0 aromatic rings. The Hall–Kier alpha value is -0.240. The van der Waals surface area contributed by atoms with Crippen molar-refractivity contribution in [3.8, 4) is 0 Å². The van der Waals surface area contributed by atoms with E-state index in [-0.39, 0.29) is 0 Å². The maximum Gasteiger partial charge on any atom is 0.0844 e. The Morgan fingerprint density at radius 1 is 1.83 bits per heavy atom. The van der Waals surface area contributed by atoms with E-state index in [0.717, 1.165) is 0 Å². The molecule has 0 aromatic carbocycles. The van der Waals surface area contributed by atoms with Crippen LogP contribution in [0.1, 0.15) is 6.42 Å². The first-order valence-corrected chi connectivity index (χ1v) is 2.14. The predicted molar refractivity (Wildman–Crippen MR) is 27.0 cm³/mol. The van der Waals surface area contributed by atoms with Gasteiger partial charge in [-0.3, -0.25) is 0 Å². The van der Waals surface area contributed by atoms with Gasteiger partial charge in [-0.2, -0.15) is 5.10 Å². The molecular formula is C3H6ClN2. The average Bonchev–Trinajstić information content (AvgIpc) is 1.61. The van der Waals surface area contributed by atoms with Crippen molar-refractivity contribution in [3.05, 3.63) is 0 Å². The molecule has 0 amide bonds. The van der Waals surface area contributed by atoms with Crippen LogP contribution in [0.25, 0.3) is 0 Å². The Morgan fingerprint density at radius 2 is 2.50 bits per heavy atom. The van der Waals surface area contributed by atoms with Gasteiger partial charge in [0, 0.05) is 12.3 Å². The van der Waals surface area contributed by atoms with Gasteiger partial charge in [0.15, 0.2) is 0 Å². The number of rotatable bonds is 2. The summed E-state index contributed by atoms with van der Waals surface area (Å²) in [4.78, 5) is 0. The van der Waals surface area contributed by atoms with Gasteiger partial charge in [-0.25, -0.2) is 0 Å². The third kappa shape index (κ3) is 3.76. The van der Waals surface area contributed by atoms with E-state index >= 15 is 0 Å². The van der Waals surface area contributed by atoms with Crippen molar-refractivity contribution in [2.75, 3.05) is 5.88 Å². The third-order valence-electron chi connectivity index (χ3n) is 0.298. The second kappa shape index (κ2) is 4.76. The molecule has 6 heavy (non-hydrogen) atoms. The van der Waals surface area contributed by atoms with E-state index in [1.165, 1.54) is 0 Å². The van der Waals surface area contributed by atoms with Gasteiger partial charge in [0.1, 0.15) is 0 Å². The third-order valence-corrected chi connectivity index (χ3v) is 0.487. The van der Waals surface area contributed by atoms with Crippen LogP contribution in [-0.4, -0.2) is 12.1 Å². The summed E-state index contributed by atoms with van der Waals surface area (Å²) in [6.45, 7) is 0. The lowest BCUT2D eigenvalue weighted by Crippen LogP contribution is -1.82. The van der Waals surface area contributed by atoms with Crippen LogP contribution in [0.2, 0.25) is 0 Å². The molecule has 0 aliphatic heterocycles. The highest BCUT2D eigenvalue weighted by Gasteiger charge is 1.70. The van der Waals surface area contributed by atoms with Crippen LogP contribution in [0.15, 0.2) is 5.10 Å². The summed E-state index contributed by atoms with van der Waals surface area (Å²) in [6.07, 6.45) is 3.11. The topological polar surface area (TPSA) is 38.4 Å². The second-order valence-electron chi connectivity index (χ2n) is 0.726. The number of nitrogens with zero attached hydrogens (tertiary/aromatic N) is 1. The van der Waals surface area contributed by atoms with Crippen molar-refractivity contribution < 1.29 is 0 Å². The van der Waals surface area contributed by atoms with Crippen LogP contribution >= 0.6 is 11.6 Å². The number of hydrogen-bond acceptors (Lipinski definition) is 2. The first kappa shape index (κ1) is 5.76. The van der Waals surface area contributed by atoms with Gasteiger partial charge in [-0.1, -0.05) is 0 Å². The number of alkyl halides is 1. The van der Waals surface area contributed by atoms with Gasteiger partial charge in [0.25, 0.3) is 0 Å². The van der Waals surface area contributed by atoms with Gasteiger partial charge in [-0.15, -0.1) is 11.6 Å². The first-order chi connectivity index (χ1) is 2.91. The monoisotopic (exact) mass is 105 g/mol. The van der Waals surface area contributed by atoms with Crippen molar-refractivity contribution in [2.45, 2.75) is 6.42 Å². The van der Waals surface area contributed by atoms with Gasteiger partial charge < -0.3 is 5.84 Å². The smallest absolute Gasteiger partial charge is 0.0844 e. The second-order valence-corrected chi connectivity index (χ2v) is 1.10. The van der Waals surface area contributed by atoms with Gasteiger partial charge in [0.05, 0.1) is 6.21 Å². The van der Waals surface area contributed by atoms with Crippen molar-refractivity contribution in [1.29, 1.82) is 0 Å². The highest BCUT2D eigenvalue weighted by molar-refractivity contribution is 6.18. The number of hydrogen-bond donors (Lipinski definition) is 1. The molecule has 0 aliphatic rings. The van der Waals surface area contributed by atoms with Crippen LogP contribution in [-0.2, 0) is 0 Å². The summed E-state index contributed by atoms with van der Waals surface area (Å²) in [7, 11) is 0. The zero-order chi connectivity index (χ0) is 4.83. The molecule has 2 N–H and O–H groups in total. The SMILES string of the molecule is NN=[C]CCCl. The minimum atomic E-state index is 0.542. The van der Waals surface area contributed by atoms with Crippen molar-refractivity contribution in [3.63, 3.8) is 0 Å². The number of halogens is 1. The molecule has 3 heteroatoms. The minimum Gasteiger partial charge on any atom is -0.323 e. The van der Waals surface area contributed by atoms with E-state index in [1.54, 1.807) is 0 Å². The number of nitrogens with two attached hydrogens (primary N) is 1. The lowest BCUT2D eigenvalue weighted by Gasteiger charge is -1.72. The van der Waals surface area contributed by atoms with Gasteiger partial charge >= 0.3 is 0 Å². The Balaban J connectivity index is 2.66. The Morgan fingerprint density at radius 3 is 2.67 bits per heavy atom. The van der Waals surface area contributed by atoms with Crippen LogP contribution < -0.4 is 5.84 Å². The molecule has 0 aromatic heterocycles. The van der Waals surface area contributed by atoms with E-state index in [0.29, 0.717) is 12.3 Å². The van der Waals surface area contributed by atoms with Gasteiger partial charge in [-0.05, 0) is 0 Å². The van der Waals surface area contributed by atoms with Crippen molar-refractivity contribution >= 4 is 17.8 Å². The largest absolute Gasteiger partial charge is 0.323 e. The first-order valence-electron chi connectivity index (χ1n) is 1.60. The quantitative estimate of drug-likeness (QED) is 0.235. The summed E-state index contributed by atoms with van der Waals surface area (Å²) < 4.78 is 0. The molecule has 0 bridgehead atoms. The fourth-order valence-electron chi connectivity index (χ4n) is 0.107. The van der Waals surface area contributed by atoms with Crippen LogP contribution in [0.5, 0.6) is 0 Å². The van der Waals surface area contributed by atoms with E-state index in [9.17, 15) is 0 Å². The molecule has 2 nitrogen and oxygen atoms in total. The summed E-state index contributed by atoms with van der Waals surface area (Å²) in [5.41, 5.74) is 0. The molecule has 0 unspecified atom stereocenters. The van der Waals surface area contributed by atoms with Gasteiger partial charge in [0.2, 0.25) is 0 Å². The summed E-state index contributed by atoms with van der Waals surface area (Å²) >= 11 is 5.20. The minimum absolute atomic E-state index is 0.542. The molecular weight excluding hydrogens is 99.5 g/mol. The molecule has 0 heterocycles. The lowest BCUT2D eigenvalue weighted by molar-refractivity contribution is 1.21. The lowest BCUT2D eigenvalue weighted by atomic mass is 10.5. The zero-order valence-electron chi connectivity index (χ0n) is 3.32. The highest BCUT2D eigenvalue weighted by Crippen LogP contribution is 1.75. The Kier molecular flexibility index (Phi) is 4.57. The maximum atomic E-state index is 5.20. The number of hydrazone groups is 1. The molecule has 1 radical (unpaired) electrons. The van der Waals surface area contributed by atoms with E-state index in [1.807, 2.05) is 0 Å².